The van der Waals surface area contributed by atoms with Crippen LogP contribution in [-0.2, 0) is 14.4 Å². The first-order chi connectivity index (χ1) is 13.1. The van der Waals surface area contributed by atoms with Gasteiger partial charge in [0.15, 0.2) is 0 Å². The Labute approximate surface area is 169 Å². The molecule has 0 radical (unpaired) electrons. The van der Waals surface area contributed by atoms with Crippen molar-refractivity contribution in [2.75, 3.05) is 23.3 Å². The summed E-state index contributed by atoms with van der Waals surface area (Å²) in [5.41, 5.74) is 1.17. The van der Waals surface area contributed by atoms with Crippen LogP contribution in [0.3, 0.4) is 0 Å². The standard InChI is InChI=1S/C20H25ClFN3O3/c1-6-24(7-2)19(27)12(5)23-16-10-17(15(22)9-14(16)21)25-18(26)8-13(11(3)4)20(25)28/h9-10,12,23H,6-8H2,1-5H3. The molecule has 2 rings (SSSR count). The molecule has 1 N–H and O–H groups in total. The molecule has 3 amide bonds. The summed E-state index contributed by atoms with van der Waals surface area (Å²) in [4.78, 5) is 39.9. The molecule has 1 fully saturated rings. The van der Waals surface area contributed by atoms with Crippen molar-refractivity contribution in [3.8, 4) is 0 Å². The van der Waals surface area contributed by atoms with E-state index in [2.05, 4.69) is 5.32 Å². The number of carbonyl (C=O) groups is 3. The lowest BCUT2D eigenvalue weighted by molar-refractivity contribution is -0.131. The zero-order valence-electron chi connectivity index (χ0n) is 16.7. The first kappa shape index (κ1) is 21.9. The topological polar surface area (TPSA) is 69.7 Å². The number of rotatable bonds is 6. The number of imide groups is 1. The van der Waals surface area contributed by atoms with Crippen LogP contribution >= 0.6 is 11.6 Å². The van der Waals surface area contributed by atoms with E-state index in [0.29, 0.717) is 24.2 Å². The summed E-state index contributed by atoms with van der Waals surface area (Å²) in [7, 11) is 0. The number of anilines is 2. The van der Waals surface area contributed by atoms with Gasteiger partial charge in [-0.15, -0.1) is 0 Å². The Morgan fingerprint density at radius 2 is 1.89 bits per heavy atom. The van der Waals surface area contributed by atoms with Crippen LogP contribution in [0.4, 0.5) is 15.8 Å². The van der Waals surface area contributed by atoms with Crippen LogP contribution in [0.1, 0.15) is 41.0 Å². The molecule has 1 unspecified atom stereocenters. The highest BCUT2D eigenvalue weighted by Crippen LogP contribution is 2.35. The van der Waals surface area contributed by atoms with Gasteiger partial charge in [-0.2, -0.15) is 0 Å². The summed E-state index contributed by atoms with van der Waals surface area (Å²) in [6.07, 6.45) is -0.0666. The minimum Gasteiger partial charge on any atom is -0.373 e. The lowest BCUT2D eigenvalue weighted by Crippen LogP contribution is -2.41. The second-order valence-corrected chi connectivity index (χ2v) is 7.26. The van der Waals surface area contributed by atoms with Gasteiger partial charge in [0, 0.05) is 18.7 Å². The maximum atomic E-state index is 14.5. The highest BCUT2D eigenvalue weighted by molar-refractivity contribution is 6.34. The predicted octanol–water partition coefficient (Wildman–Crippen LogP) is 3.75. The van der Waals surface area contributed by atoms with Gasteiger partial charge >= 0.3 is 0 Å². The number of allylic oxidation sites excluding steroid dienone is 1. The van der Waals surface area contributed by atoms with Crippen LogP contribution in [-0.4, -0.2) is 41.8 Å². The summed E-state index contributed by atoms with van der Waals surface area (Å²) in [5.74, 6) is -1.95. The van der Waals surface area contributed by atoms with Crippen molar-refractivity contribution >= 4 is 40.7 Å². The molecule has 1 saturated heterocycles. The van der Waals surface area contributed by atoms with Gasteiger partial charge in [-0.25, -0.2) is 9.29 Å². The van der Waals surface area contributed by atoms with Crippen LogP contribution in [0.25, 0.3) is 0 Å². The molecule has 6 nitrogen and oxygen atoms in total. The molecule has 28 heavy (non-hydrogen) atoms. The average molecular weight is 410 g/mol. The Hall–Kier alpha value is -2.41. The van der Waals surface area contributed by atoms with Crippen LogP contribution in [0.5, 0.6) is 0 Å². The smallest absolute Gasteiger partial charge is 0.261 e. The molecule has 1 heterocycles. The number of nitrogens with one attached hydrogen (secondary N) is 1. The number of hydrogen-bond acceptors (Lipinski definition) is 4. The molecule has 152 valence electrons. The van der Waals surface area contributed by atoms with E-state index in [1.807, 2.05) is 13.8 Å². The van der Waals surface area contributed by atoms with E-state index < -0.39 is 23.7 Å². The number of carbonyl (C=O) groups excluding carboxylic acids is 3. The molecule has 0 saturated carbocycles. The minimum absolute atomic E-state index is 0.0574. The van der Waals surface area contributed by atoms with Gasteiger partial charge in [-0.3, -0.25) is 14.4 Å². The second-order valence-electron chi connectivity index (χ2n) is 6.85. The maximum absolute atomic E-state index is 14.5. The minimum atomic E-state index is -0.782. The summed E-state index contributed by atoms with van der Waals surface area (Å²) < 4.78 is 14.5. The van der Waals surface area contributed by atoms with E-state index in [4.69, 9.17) is 11.6 Å². The summed E-state index contributed by atoms with van der Waals surface area (Å²) in [6.45, 7) is 10.0. The van der Waals surface area contributed by atoms with Gasteiger partial charge in [-0.05, 0) is 46.8 Å². The average Bonchev–Trinajstić information content (AvgIpc) is 2.93. The van der Waals surface area contributed by atoms with Gasteiger partial charge in [0.05, 0.1) is 22.8 Å². The van der Waals surface area contributed by atoms with E-state index in [1.165, 1.54) is 6.07 Å². The van der Waals surface area contributed by atoms with Crippen molar-refractivity contribution in [1.29, 1.82) is 0 Å². The molecule has 8 heteroatoms. The van der Waals surface area contributed by atoms with E-state index in [1.54, 1.807) is 25.7 Å². The zero-order valence-corrected chi connectivity index (χ0v) is 17.5. The van der Waals surface area contributed by atoms with E-state index in [0.717, 1.165) is 11.0 Å². The van der Waals surface area contributed by atoms with Gasteiger partial charge in [0.2, 0.25) is 11.8 Å². The number of halogens is 2. The number of likely N-dealkylation sites (N-methyl/N-ethyl adjacent to an activating group) is 1. The van der Waals surface area contributed by atoms with Gasteiger partial charge < -0.3 is 10.2 Å². The Bertz CT molecular complexity index is 845. The molecule has 1 aliphatic rings. The van der Waals surface area contributed by atoms with Crippen molar-refractivity contribution in [3.63, 3.8) is 0 Å². The largest absolute Gasteiger partial charge is 0.373 e. The van der Waals surface area contributed by atoms with Crippen molar-refractivity contribution in [1.82, 2.24) is 4.90 Å². The van der Waals surface area contributed by atoms with Crippen LogP contribution in [0, 0.1) is 5.82 Å². The summed E-state index contributed by atoms with van der Waals surface area (Å²) in [5, 5.41) is 3.02. The van der Waals surface area contributed by atoms with E-state index >= 15 is 0 Å². The molecular weight excluding hydrogens is 385 g/mol. The highest BCUT2D eigenvalue weighted by Gasteiger charge is 2.37. The lowest BCUT2D eigenvalue weighted by atomic mass is 10.1. The molecule has 1 atom stereocenters. The number of nitrogens with zero attached hydrogens (tertiary/aromatic N) is 2. The lowest BCUT2D eigenvalue weighted by Gasteiger charge is -2.25. The molecule has 0 aromatic heterocycles. The quantitative estimate of drug-likeness (QED) is 0.574. The van der Waals surface area contributed by atoms with Crippen molar-refractivity contribution in [2.24, 2.45) is 0 Å². The van der Waals surface area contributed by atoms with Gasteiger partial charge in [0.25, 0.3) is 5.91 Å². The fourth-order valence-corrected chi connectivity index (χ4v) is 3.32. The van der Waals surface area contributed by atoms with Gasteiger partial charge in [0.1, 0.15) is 11.9 Å². The molecule has 0 spiro atoms. The Kier molecular flexibility index (Phi) is 6.82. The van der Waals surface area contributed by atoms with Gasteiger partial charge in [-0.1, -0.05) is 17.2 Å². The van der Waals surface area contributed by atoms with E-state index in [-0.39, 0.29) is 28.7 Å². The van der Waals surface area contributed by atoms with Crippen LogP contribution in [0.15, 0.2) is 23.3 Å². The third-order valence-corrected chi connectivity index (χ3v) is 5.05. The third kappa shape index (κ3) is 4.19. The Morgan fingerprint density at radius 1 is 1.29 bits per heavy atom. The fraction of sp³-hybridized carbons (Fsp3) is 0.450. The first-order valence-corrected chi connectivity index (χ1v) is 9.58. The van der Waals surface area contributed by atoms with Crippen molar-refractivity contribution in [3.05, 3.63) is 34.1 Å². The number of hydrogen-bond donors (Lipinski definition) is 1. The normalized spacial score (nSPS) is 15.1. The number of amides is 3. The molecule has 1 aliphatic heterocycles. The fourth-order valence-electron chi connectivity index (χ4n) is 3.11. The highest BCUT2D eigenvalue weighted by atomic mass is 35.5. The summed E-state index contributed by atoms with van der Waals surface area (Å²) in [6, 6.07) is 1.72. The molecular formula is C20H25ClFN3O3. The second kappa shape index (κ2) is 8.73. The van der Waals surface area contributed by atoms with Crippen molar-refractivity contribution < 1.29 is 18.8 Å². The summed E-state index contributed by atoms with van der Waals surface area (Å²) >= 11 is 6.13. The van der Waals surface area contributed by atoms with E-state index in [9.17, 15) is 18.8 Å². The molecule has 0 aliphatic carbocycles. The molecule has 1 aromatic carbocycles. The Morgan fingerprint density at radius 3 is 2.39 bits per heavy atom. The van der Waals surface area contributed by atoms with Crippen LogP contribution < -0.4 is 10.2 Å². The molecule has 0 bridgehead atoms. The third-order valence-electron chi connectivity index (χ3n) is 4.74. The maximum Gasteiger partial charge on any atom is 0.261 e. The van der Waals surface area contributed by atoms with Crippen molar-refractivity contribution in [2.45, 2.75) is 47.1 Å². The predicted molar refractivity (Wildman–Crippen MR) is 108 cm³/mol. The van der Waals surface area contributed by atoms with Crippen LogP contribution in [0.2, 0.25) is 5.02 Å². The molecule has 1 aromatic rings. The first-order valence-electron chi connectivity index (χ1n) is 9.20. The monoisotopic (exact) mass is 409 g/mol. The number of benzene rings is 1. The Balaban J connectivity index is 2.38. The SMILES string of the molecule is CCN(CC)C(=O)C(C)Nc1cc(N2C(=O)CC(=C(C)C)C2=O)c(F)cc1Cl. The zero-order chi connectivity index (χ0) is 21.2.